The highest BCUT2D eigenvalue weighted by atomic mass is 35.5. The summed E-state index contributed by atoms with van der Waals surface area (Å²) >= 11 is 1.54. The van der Waals surface area contributed by atoms with Crippen molar-refractivity contribution in [3.05, 3.63) is 29.8 Å². The van der Waals surface area contributed by atoms with Gasteiger partial charge in [0.25, 0.3) is 0 Å². The number of hydrogen-bond donors (Lipinski definition) is 2. The Bertz CT molecular complexity index is 416. The van der Waals surface area contributed by atoms with E-state index in [-0.39, 0.29) is 24.8 Å². The largest absolute Gasteiger partial charge is 0.480 e. The van der Waals surface area contributed by atoms with E-state index in [1.54, 1.807) is 11.8 Å². The van der Waals surface area contributed by atoms with Crippen LogP contribution in [0.15, 0.2) is 24.3 Å². The fourth-order valence-electron chi connectivity index (χ4n) is 1.50. The molecule has 1 atom stereocenters. The van der Waals surface area contributed by atoms with Gasteiger partial charge in [-0.25, -0.2) is 0 Å². The zero-order valence-electron chi connectivity index (χ0n) is 12.5. The molecule has 21 heavy (non-hydrogen) atoms. The van der Waals surface area contributed by atoms with Crippen molar-refractivity contribution in [3.8, 4) is 0 Å². The summed E-state index contributed by atoms with van der Waals surface area (Å²) in [5.41, 5.74) is 7.82. The van der Waals surface area contributed by atoms with Gasteiger partial charge in [0.05, 0.1) is 0 Å². The average Bonchev–Trinajstić information content (AvgIpc) is 2.38. The predicted octanol–water partition coefficient (Wildman–Crippen LogP) is 3.02. The molecule has 1 aromatic rings. The first-order valence-corrected chi connectivity index (χ1v) is 7.45. The summed E-state index contributed by atoms with van der Waals surface area (Å²) in [4.78, 5) is 12.8. The molecule has 0 saturated heterocycles. The summed E-state index contributed by atoms with van der Waals surface area (Å²) < 4.78 is 0. The number of carboxylic acids is 1. The van der Waals surface area contributed by atoms with Gasteiger partial charge in [0.15, 0.2) is 0 Å². The number of nitrogens with zero attached hydrogens (tertiary/aromatic N) is 1. The van der Waals surface area contributed by atoms with Crippen LogP contribution in [0.1, 0.15) is 19.4 Å². The van der Waals surface area contributed by atoms with Gasteiger partial charge in [0.2, 0.25) is 0 Å². The molecule has 0 heterocycles. The number of hydrogen-bond acceptors (Lipinski definition) is 4. The number of halogens is 2. The van der Waals surface area contributed by atoms with Crippen molar-refractivity contribution in [2.24, 2.45) is 5.73 Å². The van der Waals surface area contributed by atoms with Gasteiger partial charge in [0, 0.05) is 30.3 Å². The Morgan fingerprint density at radius 2 is 1.81 bits per heavy atom. The number of thioether (sulfide) groups is 1. The quantitative estimate of drug-likeness (QED) is 0.787. The van der Waals surface area contributed by atoms with Crippen LogP contribution in [0.2, 0.25) is 0 Å². The van der Waals surface area contributed by atoms with Crippen LogP contribution in [0.4, 0.5) is 5.69 Å². The Hall–Kier alpha value is -0.620. The van der Waals surface area contributed by atoms with E-state index in [2.05, 4.69) is 50.1 Å². The van der Waals surface area contributed by atoms with Crippen LogP contribution in [-0.4, -0.2) is 36.0 Å². The zero-order chi connectivity index (χ0) is 14.4. The van der Waals surface area contributed by atoms with Gasteiger partial charge in [0.1, 0.15) is 6.04 Å². The average molecular weight is 355 g/mol. The van der Waals surface area contributed by atoms with E-state index in [0.717, 1.165) is 5.75 Å². The number of nitrogens with two attached hydrogens (primary N) is 1. The summed E-state index contributed by atoms with van der Waals surface area (Å²) in [5, 5.41) is 8.68. The van der Waals surface area contributed by atoms with Crippen LogP contribution < -0.4 is 10.6 Å². The van der Waals surface area contributed by atoms with Crippen molar-refractivity contribution in [3.63, 3.8) is 0 Å². The maximum absolute atomic E-state index is 10.6. The molecule has 0 saturated carbocycles. The van der Waals surface area contributed by atoms with Crippen molar-refractivity contribution in [1.82, 2.24) is 0 Å². The molecule has 122 valence electrons. The third-order valence-electron chi connectivity index (χ3n) is 3.00. The van der Waals surface area contributed by atoms with Gasteiger partial charge in [-0.2, -0.15) is 11.8 Å². The molecule has 0 spiro atoms. The van der Waals surface area contributed by atoms with Crippen molar-refractivity contribution in [2.75, 3.05) is 17.7 Å². The van der Waals surface area contributed by atoms with Gasteiger partial charge in [-0.1, -0.05) is 12.1 Å². The molecule has 0 aliphatic heterocycles. The van der Waals surface area contributed by atoms with Crippen LogP contribution in [-0.2, 0) is 10.5 Å². The molecule has 0 aliphatic carbocycles. The molecular weight excluding hydrogens is 331 g/mol. The van der Waals surface area contributed by atoms with E-state index >= 15 is 0 Å². The van der Waals surface area contributed by atoms with Gasteiger partial charge < -0.3 is 15.7 Å². The second kappa shape index (κ2) is 11.0. The molecule has 0 unspecified atom stereocenters. The Morgan fingerprint density at radius 1 is 1.29 bits per heavy atom. The lowest BCUT2D eigenvalue weighted by atomic mass is 10.2. The highest BCUT2D eigenvalue weighted by Gasteiger charge is 2.11. The third-order valence-corrected chi connectivity index (χ3v) is 4.13. The first-order chi connectivity index (χ1) is 8.91. The lowest BCUT2D eigenvalue weighted by Crippen LogP contribution is -2.32. The number of rotatable bonds is 7. The summed E-state index contributed by atoms with van der Waals surface area (Å²) in [5.74, 6) is 0.275. The number of anilines is 1. The predicted molar refractivity (Wildman–Crippen MR) is 96.3 cm³/mol. The normalized spacial score (nSPS) is 11.3. The molecular formula is C14H24Cl2N2O2S. The van der Waals surface area contributed by atoms with Crippen molar-refractivity contribution in [2.45, 2.75) is 31.7 Å². The lowest BCUT2D eigenvalue weighted by molar-refractivity contribution is -0.137. The number of benzene rings is 1. The smallest absolute Gasteiger partial charge is 0.321 e. The molecule has 3 N–H and O–H groups in total. The fourth-order valence-corrected chi connectivity index (χ4v) is 2.44. The number of aliphatic carboxylic acids is 1. The standard InChI is InChI=1S/C14H22N2O2S.2ClH/c1-10(2)16(3)12-6-4-11(5-7-12)8-19-9-13(15)14(17)18;;/h4-7,10,13H,8-9,15H2,1-3H3,(H,17,18);2*1H/t13-;;/m0../s1. The maximum atomic E-state index is 10.6. The molecule has 0 aromatic heterocycles. The Morgan fingerprint density at radius 3 is 2.24 bits per heavy atom. The molecule has 0 bridgehead atoms. The number of carboxylic acid groups (broad SMARTS) is 1. The maximum Gasteiger partial charge on any atom is 0.321 e. The minimum atomic E-state index is -0.943. The van der Waals surface area contributed by atoms with Crippen LogP contribution >= 0.6 is 36.6 Å². The van der Waals surface area contributed by atoms with Gasteiger partial charge >= 0.3 is 5.97 Å². The highest BCUT2D eigenvalue weighted by Crippen LogP contribution is 2.19. The van der Waals surface area contributed by atoms with E-state index in [9.17, 15) is 4.79 Å². The van der Waals surface area contributed by atoms with E-state index in [1.165, 1.54) is 11.3 Å². The second-order valence-electron chi connectivity index (χ2n) is 4.83. The van der Waals surface area contributed by atoms with Crippen LogP contribution in [0.3, 0.4) is 0 Å². The SMILES string of the molecule is CC(C)N(C)c1ccc(CSC[C@H](N)C(=O)O)cc1.Cl.Cl. The molecule has 1 rings (SSSR count). The van der Waals surface area contributed by atoms with Crippen LogP contribution in [0.25, 0.3) is 0 Å². The molecule has 0 fully saturated rings. The zero-order valence-corrected chi connectivity index (χ0v) is 14.9. The summed E-state index contributed by atoms with van der Waals surface area (Å²) in [6, 6.07) is 8.02. The van der Waals surface area contributed by atoms with Crippen molar-refractivity contribution >= 4 is 48.2 Å². The second-order valence-corrected chi connectivity index (χ2v) is 5.86. The van der Waals surface area contributed by atoms with E-state index in [0.29, 0.717) is 11.8 Å². The molecule has 7 heteroatoms. The fraction of sp³-hybridized carbons (Fsp3) is 0.500. The summed E-state index contributed by atoms with van der Waals surface area (Å²) in [6.45, 7) is 4.30. The van der Waals surface area contributed by atoms with Crippen molar-refractivity contribution in [1.29, 1.82) is 0 Å². The molecule has 4 nitrogen and oxygen atoms in total. The minimum Gasteiger partial charge on any atom is -0.480 e. The summed E-state index contributed by atoms with van der Waals surface area (Å²) in [6.07, 6.45) is 0. The monoisotopic (exact) mass is 354 g/mol. The Balaban J connectivity index is 0. The van der Waals surface area contributed by atoms with Crippen LogP contribution in [0, 0.1) is 0 Å². The first kappa shape index (κ1) is 22.7. The number of carbonyl (C=O) groups is 1. The molecule has 0 amide bonds. The molecule has 0 aliphatic rings. The van der Waals surface area contributed by atoms with E-state index in [4.69, 9.17) is 10.8 Å². The van der Waals surface area contributed by atoms with Gasteiger partial charge in [-0.3, -0.25) is 4.79 Å². The minimum absolute atomic E-state index is 0. The highest BCUT2D eigenvalue weighted by molar-refractivity contribution is 7.98. The topological polar surface area (TPSA) is 66.6 Å². The van der Waals surface area contributed by atoms with Gasteiger partial charge in [-0.15, -0.1) is 24.8 Å². The Labute approximate surface area is 143 Å². The van der Waals surface area contributed by atoms with Crippen LogP contribution in [0.5, 0.6) is 0 Å². The molecule has 0 radical (unpaired) electrons. The first-order valence-electron chi connectivity index (χ1n) is 6.29. The Kier molecular flexibility index (Phi) is 11.9. The van der Waals surface area contributed by atoms with Gasteiger partial charge in [-0.05, 0) is 31.5 Å². The van der Waals surface area contributed by atoms with E-state index < -0.39 is 12.0 Å². The summed E-state index contributed by atoms with van der Waals surface area (Å²) in [7, 11) is 2.07. The molecule has 1 aromatic carbocycles. The van der Waals surface area contributed by atoms with E-state index in [1.807, 2.05) is 0 Å². The lowest BCUT2D eigenvalue weighted by Gasteiger charge is -2.23. The van der Waals surface area contributed by atoms with Crippen molar-refractivity contribution < 1.29 is 9.90 Å². The third kappa shape index (κ3) is 7.81.